The second-order valence-corrected chi connectivity index (χ2v) is 4.81. The van der Waals surface area contributed by atoms with Gasteiger partial charge in [-0.1, -0.05) is 23.9 Å². The van der Waals surface area contributed by atoms with Gasteiger partial charge in [0.1, 0.15) is 6.33 Å². The summed E-state index contributed by atoms with van der Waals surface area (Å²) in [4.78, 5) is 11.6. The third-order valence-corrected chi connectivity index (χ3v) is 3.81. The molecule has 1 aliphatic rings. The molecule has 0 unspecified atom stereocenters. The van der Waals surface area contributed by atoms with Gasteiger partial charge in [-0.25, -0.2) is 9.97 Å². The number of nitrogens with zero attached hydrogens (tertiary/aromatic N) is 3. The zero-order valence-corrected chi connectivity index (χ0v) is 10.2. The van der Waals surface area contributed by atoms with E-state index in [1.165, 1.54) is 15.6 Å². The molecule has 3 rings (SSSR count). The number of aromatic nitrogens is 2. The van der Waals surface area contributed by atoms with Gasteiger partial charge in [-0.3, -0.25) is 0 Å². The summed E-state index contributed by atoms with van der Waals surface area (Å²) in [5, 5.41) is 1.19. The molecule has 0 bridgehead atoms. The summed E-state index contributed by atoms with van der Waals surface area (Å²) in [6.45, 7) is 0. The highest BCUT2D eigenvalue weighted by molar-refractivity contribution is 8.03. The number of hydrogen-bond donors (Lipinski definition) is 0. The molecule has 17 heavy (non-hydrogen) atoms. The predicted octanol–water partition coefficient (Wildman–Crippen LogP) is 3.02. The number of rotatable bonds is 1. The fraction of sp³-hybridized carbons (Fsp3) is 0.0769. The maximum absolute atomic E-state index is 4.21. The van der Waals surface area contributed by atoms with Crippen molar-refractivity contribution in [2.24, 2.45) is 0 Å². The fourth-order valence-corrected chi connectivity index (χ4v) is 2.86. The van der Waals surface area contributed by atoms with Crippen LogP contribution in [0.1, 0.15) is 5.69 Å². The first-order valence-corrected chi connectivity index (χ1v) is 6.14. The lowest BCUT2D eigenvalue weighted by atomic mass is 10.3. The third kappa shape index (κ3) is 1.91. The Morgan fingerprint density at radius 2 is 2.12 bits per heavy atom. The molecule has 0 amide bonds. The Morgan fingerprint density at radius 3 is 2.88 bits per heavy atom. The average Bonchev–Trinajstić information content (AvgIpc) is 2.68. The van der Waals surface area contributed by atoms with Crippen molar-refractivity contribution >= 4 is 23.5 Å². The molecule has 2 heterocycles. The van der Waals surface area contributed by atoms with E-state index in [9.17, 15) is 0 Å². The van der Waals surface area contributed by atoms with Gasteiger partial charge in [0.15, 0.2) is 0 Å². The summed E-state index contributed by atoms with van der Waals surface area (Å²) in [6, 6.07) is 10.3. The van der Waals surface area contributed by atoms with E-state index in [1.807, 2.05) is 6.07 Å². The number of hydrogen-bond acceptors (Lipinski definition) is 4. The molecule has 0 atom stereocenters. The zero-order valence-electron chi connectivity index (χ0n) is 9.37. The standard InChI is InChI=1S/C13H11N3S/c1-16-11-4-2-3-5-12(11)17-13(16)8-10-6-7-14-9-15-10/h2-9H,1H3. The molecular weight excluding hydrogens is 230 g/mol. The molecule has 0 spiro atoms. The van der Waals surface area contributed by atoms with E-state index in [4.69, 9.17) is 0 Å². The first-order valence-electron chi connectivity index (χ1n) is 5.33. The first kappa shape index (κ1) is 10.4. The zero-order chi connectivity index (χ0) is 11.7. The number of thioether (sulfide) groups is 1. The SMILES string of the molecule is CN1C(=Cc2ccncn2)Sc2ccccc21. The van der Waals surface area contributed by atoms with Crippen molar-refractivity contribution in [1.29, 1.82) is 0 Å². The normalized spacial score (nSPS) is 16.3. The minimum Gasteiger partial charge on any atom is -0.338 e. The number of anilines is 1. The second-order valence-electron chi connectivity index (χ2n) is 3.75. The van der Waals surface area contributed by atoms with Crippen LogP contribution in [-0.2, 0) is 0 Å². The fourth-order valence-electron chi connectivity index (χ4n) is 1.76. The van der Waals surface area contributed by atoms with Crippen molar-refractivity contribution in [2.75, 3.05) is 11.9 Å². The van der Waals surface area contributed by atoms with E-state index in [0.717, 1.165) is 5.69 Å². The summed E-state index contributed by atoms with van der Waals surface area (Å²) in [6.07, 6.45) is 5.40. The van der Waals surface area contributed by atoms with Crippen LogP contribution in [0.4, 0.5) is 5.69 Å². The van der Waals surface area contributed by atoms with E-state index in [-0.39, 0.29) is 0 Å². The van der Waals surface area contributed by atoms with Crippen molar-refractivity contribution in [1.82, 2.24) is 9.97 Å². The highest BCUT2D eigenvalue weighted by Gasteiger charge is 2.20. The summed E-state index contributed by atoms with van der Waals surface area (Å²) >= 11 is 1.77. The van der Waals surface area contributed by atoms with Crippen LogP contribution >= 0.6 is 11.8 Å². The van der Waals surface area contributed by atoms with Crippen LogP contribution in [0.15, 0.2) is 52.8 Å². The van der Waals surface area contributed by atoms with E-state index in [1.54, 1.807) is 24.3 Å². The highest BCUT2D eigenvalue weighted by atomic mass is 32.2. The lowest BCUT2D eigenvalue weighted by Gasteiger charge is -2.12. The van der Waals surface area contributed by atoms with Crippen molar-refractivity contribution in [3.8, 4) is 0 Å². The van der Waals surface area contributed by atoms with E-state index >= 15 is 0 Å². The van der Waals surface area contributed by atoms with Gasteiger partial charge in [-0.2, -0.15) is 0 Å². The number of fused-ring (bicyclic) bond motifs is 1. The molecule has 0 fully saturated rings. The monoisotopic (exact) mass is 241 g/mol. The van der Waals surface area contributed by atoms with Crippen LogP contribution in [0, 0.1) is 0 Å². The van der Waals surface area contributed by atoms with Crippen LogP contribution in [0.25, 0.3) is 6.08 Å². The first-order chi connectivity index (χ1) is 8.34. The smallest absolute Gasteiger partial charge is 0.115 e. The largest absolute Gasteiger partial charge is 0.338 e. The summed E-state index contributed by atoms with van der Waals surface area (Å²) in [7, 11) is 2.08. The van der Waals surface area contributed by atoms with Crippen LogP contribution in [0.2, 0.25) is 0 Å². The summed E-state index contributed by atoms with van der Waals surface area (Å²) in [5.41, 5.74) is 2.18. The maximum atomic E-state index is 4.21. The third-order valence-electron chi connectivity index (χ3n) is 2.65. The summed E-state index contributed by atoms with van der Waals surface area (Å²) in [5.74, 6) is 0. The molecule has 0 saturated carbocycles. The average molecular weight is 241 g/mol. The molecule has 0 saturated heterocycles. The predicted molar refractivity (Wildman–Crippen MR) is 70.7 cm³/mol. The Morgan fingerprint density at radius 1 is 1.24 bits per heavy atom. The minimum absolute atomic E-state index is 0.933. The Kier molecular flexibility index (Phi) is 2.57. The Bertz CT molecular complexity index is 566. The van der Waals surface area contributed by atoms with Gasteiger partial charge >= 0.3 is 0 Å². The van der Waals surface area contributed by atoms with Crippen LogP contribution < -0.4 is 4.90 Å². The topological polar surface area (TPSA) is 29.0 Å². The Labute approximate surface area is 104 Å². The van der Waals surface area contributed by atoms with E-state index < -0.39 is 0 Å². The maximum Gasteiger partial charge on any atom is 0.115 e. The second kappa shape index (κ2) is 4.22. The molecule has 4 heteroatoms. The van der Waals surface area contributed by atoms with Gasteiger partial charge in [0, 0.05) is 18.1 Å². The lowest BCUT2D eigenvalue weighted by molar-refractivity contribution is 1.14. The molecule has 2 aromatic rings. The van der Waals surface area contributed by atoms with Gasteiger partial charge < -0.3 is 4.90 Å². The lowest BCUT2D eigenvalue weighted by Crippen LogP contribution is -2.09. The molecule has 0 N–H and O–H groups in total. The van der Waals surface area contributed by atoms with Gasteiger partial charge in [-0.05, 0) is 24.3 Å². The van der Waals surface area contributed by atoms with Crippen molar-refractivity contribution in [3.05, 3.63) is 53.6 Å². The Balaban J connectivity index is 1.97. The molecule has 0 aliphatic carbocycles. The summed E-state index contributed by atoms with van der Waals surface area (Å²) < 4.78 is 0. The molecule has 1 aliphatic heterocycles. The van der Waals surface area contributed by atoms with Gasteiger partial charge in [-0.15, -0.1) is 0 Å². The molecular formula is C13H11N3S. The van der Waals surface area contributed by atoms with Crippen LogP contribution in [0.3, 0.4) is 0 Å². The minimum atomic E-state index is 0.933. The Hall–Kier alpha value is -1.81. The van der Waals surface area contributed by atoms with Gasteiger partial charge in [0.25, 0.3) is 0 Å². The van der Waals surface area contributed by atoms with Crippen molar-refractivity contribution in [2.45, 2.75) is 4.90 Å². The van der Waals surface area contributed by atoms with Crippen LogP contribution in [-0.4, -0.2) is 17.0 Å². The molecule has 1 aromatic carbocycles. The van der Waals surface area contributed by atoms with Crippen molar-refractivity contribution < 1.29 is 0 Å². The van der Waals surface area contributed by atoms with E-state index in [2.05, 4.69) is 52.3 Å². The van der Waals surface area contributed by atoms with E-state index in [0.29, 0.717) is 0 Å². The number of benzene rings is 1. The van der Waals surface area contributed by atoms with Gasteiger partial charge in [0.05, 0.1) is 16.4 Å². The van der Waals surface area contributed by atoms with Crippen molar-refractivity contribution in [3.63, 3.8) is 0 Å². The molecule has 3 nitrogen and oxygen atoms in total. The molecule has 1 aromatic heterocycles. The van der Waals surface area contributed by atoms with Gasteiger partial charge in [0.2, 0.25) is 0 Å². The molecule has 0 radical (unpaired) electrons. The number of para-hydroxylation sites is 1. The quantitative estimate of drug-likeness (QED) is 0.767. The highest BCUT2D eigenvalue weighted by Crippen LogP contribution is 2.45. The molecule has 84 valence electrons. The van der Waals surface area contributed by atoms with Crippen LogP contribution in [0.5, 0.6) is 0 Å².